The number of hydrogen-bond donors (Lipinski definition) is 1. The molecule has 1 aliphatic rings. The summed E-state index contributed by atoms with van der Waals surface area (Å²) in [6.45, 7) is 3.22. The van der Waals surface area contributed by atoms with Gasteiger partial charge in [0.25, 0.3) is 5.56 Å². The number of hydrogen-bond acceptors (Lipinski definition) is 6. The largest absolute Gasteiger partial charge is 0.492 e. The van der Waals surface area contributed by atoms with Gasteiger partial charge >= 0.3 is 0 Å². The van der Waals surface area contributed by atoms with Crippen LogP contribution in [0.15, 0.2) is 77.9 Å². The van der Waals surface area contributed by atoms with Crippen LogP contribution in [0.1, 0.15) is 0 Å². The molecule has 198 valence electrons. The Morgan fingerprint density at radius 1 is 1.05 bits per heavy atom. The molecule has 5 aromatic rings. The minimum atomic E-state index is -0.0116. The van der Waals surface area contributed by atoms with Gasteiger partial charge in [0.05, 0.1) is 17.8 Å². The molecule has 6 rings (SSSR count). The number of pyridine rings is 2. The molecule has 0 radical (unpaired) electrons. The van der Waals surface area contributed by atoms with Gasteiger partial charge in [-0.2, -0.15) is 0 Å². The summed E-state index contributed by atoms with van der Waals surface area (Å²) in [6, 6.07) is 20.3. The lowest BCUT2D eigenvalue weighted by Crippen LogP contribution is -2.48. The Labute approximate surface area is 241 Å². The zero-order valence-corrected chi connectivity index (χ0v) is 24.2. The number of rotatable bonds is 7. The molecule has 1 N–H and O–H groups in total. The first-order valence-corrected chi connectivity index (χ1v) is 15.9. The van der Waals surface area contributed by atoms with Gasteiger partial charge in [-0.25, -0.2) is 4.98 Å². The quantitative estimate of drug-likeness (QED) is 0.253. The van der Waals surface area contributed by atoms with E-state index in [1.807, 2.05) is 58.8 Å². The van der Waals surface area contributed by atoms with E-state index < -0.39 is 0 Å². The van der Waals surface area contributed by atoms with Crippen LogP contribution in [0.2, 0.25) is 0 Å². The van der Waals surface area contributed by atoms with Gasteiger partial charge in [0.2, 0.25) is 5.91 Å². The Kier molecular flexibility index (Phi) is 7.32. The molecule has 0 spiro atoms. The summed E-state index contributed by atoms with van der Waals surface area (Å²) in [5.41, 5.74) is 5.54. The molecule has 1 saturated heterocycles. The smallest absolute Gasteiger partial charge is 0.275 e. The predicted octanol–water partition coefficient (Wildman–Crippen LogP) is 4.88. The maximum absolute atomic E-state index is 12.8. The van der Waals surface area contributed by atoms with E-state index in [0.717, 1.165) is 57.5 Å². The van der Waals surface area contributed by atoms with Crippen molar-refractivity contribution in [3.05, 3.63) is 83.4 Å². The molecule has 39 heavy (non-hydrogen) atoms. The van der Waals surface area contributed by atoms with Crippen LogP contribution in [0.3, 0.4) is 0 Å². The summed E-state index contributed by atoms with van der Waals surface area (Å²) in [4.78, 5) is 31.3. The summed E-state index contributed by atoms with van der Waals surface area (Å²) in [7, 11) is 3.28. The monoisotopic (exact) mass is 651 g/mol. The molecular weight excluding hydrogens is 625 g/mol. The minimum absolute atomic E-state index is 0.0116. The molecule has 0 aliphatic carbocycles. The van der Waals surface area contributed by atoms with Crippen LogP contribution in [-0.2, 0) is 11.8 Å². The summed E-state index contributed by atoms with van der Waals surface area (Å²) in [6.07, 6.45) is 3.84. The van der Waals surface area contributed by atoms with Gasteiger partial charge in [0.15, 0.2) is 0 Å². The second-order valence-corrected chi connectivity index (χ2v) is 11.2. The number of aryl methyl sites for hydroxylation is 1. The topological polar surface area (TPSA) is 81.4 Å². The molecule has 4 heterocycles. The number of piperazine rings is 1. The molecule has 0 unspecified atom stereocenters. The number of carbonyl (C=O) groups excluding carboxylic acids is 1. The normalized spacial score (nSPS) is 14.2. The molecule has 1 aliphatic heterocycles. The highest BCUT2D eigenvalue weighted by Crippen LogP contribution is 2.32. The van der Waals surface area contributed by atoms with Crippen LogP contribution in [0.25, 0.3) is 44.2 Å². The maximum atomic E-state index is 12.8. The number of benzene rings is 2. The summed E-state index contributed by atoms with van der Waals surface area (Å²) < 4.78 is 9.45. The van der Waals surface area contributed by atoms with Crippen molar-refractivity contribution in [2.75, 3.05) is 32.8 Å². The first-order valence-electron chi connectivity index (χ1n) is 12.6. The van der Waals surface area contributed by atoms with Crippen molar-refractivity contribution in [1.29, 1.82) is 0 Å². The van der Waals surface area contributed by atoms with E-state index in [2.05, 4.69) is 49.6 Å². The molecule has 0 bridgehead atoms. The van der Waals surface area contributed by atoms with Crippen molar-refractivity contribution >= 4 is 58.0 Å². The summed E-state index contributed by atoms with van der Waals surface area (Å²) in [5.74, 6) is 0.864. The van der Waals surface area contributed by atoms with E-state index in [1.54, 1.807) is 11.6 Å². The second-order valence-electron chi connectivity index (χ2n) is 9.53. The van der Waals surface area contributed by atoms with Gasteiger partial charge in [-0.3, -0.25) is 18.5 Å². The van der Waals surface area contributed by atoms with Crippen molar-refractivity contribution in [3.8, 4) is 28.1 Å². The third-order valence-electron chi connectivity index (χ3n) is 7.01. The van der Waals surface area contributed by atoms with Crippen molar-refractivity contribution in [2.45, 2.75) is 0 Å². The van der Waals surface area contributed by atoms with Crippen LogP contribution in [0, 0.1) is 0 Å². The predicted molar refractivity (Wildman–Crippen MR) is 165 cm³/mol. The molecular formula is C29H26IN5O3S. The number of nitrogens with zero attached hydrogens (tertiary/aromatic N) is 4. The molecule has 0 saturated carbocycles. The Morgan fingerprint density at radius 2 is 1.87 bits per heavy atom. The third-order valence-corrected chi connectivity index (χ3v) is 8.73. The van der Waals surface area contributed by atoms with Crippen LogP contribution in [0.5, 0.6) is 5.75 Å². The van der Waals surface area contributed by atoms with Gasteiger partial charge in [-0.1, -0.05) is 12.1 Å². The van der Waals surface area contributed by atoms with Crippen LogP contribution in [0.4, 0.5) is 0 Å². The van der Waals surface area contributed by atoms with Crippen molar-refractivity contribution in [3.63, 3.8) is 0 Å². The first kappa shape index (κ1) is 25.9. The Hall–Kier alpha value is -3.35. The number of halogens is 1. The molecule has 1 amide bonds. The molecule has 1 fully saturated rings. The average molecular weight is 652 g/mol. The maximum Gasteiger partial charge on any atom is 0.275 e. The lowest BCUT2D eigenvalue weighted by atomic mass is 10.0. The average Bonchev–Trinajstić information content (AvgIpc) is 3.39. The number of nitrogens with one attached hydrogen (secondary N) is 1. The molecule has 0 atom stereocenters. The fraction of sp³-hybridized carbons (Fsp3) is 0.207. The van der Waals surface area contributed by atoms with E-state index in [9.17, 15) is 9.59 Å². The Balaban J connectivity index is 1.20. The van der Waals surface area contributed by atoms with Gasteiger partial charge in [-0.05, 0) is 54.1 Å². The van der Waals surface area contributed by atoms with Crippen molar-refractivity contribution < 1.29 is 9.53 Å². The van der Waals surface area contributed by atoms with Gasteiger partial charge < -0.3 is 14.6 Å². The van der Waals surface area contributed by atoms with Crippen molar-refractivity contribution in [2.24, 2.45) is 7.05 Å². The van der Waals surface area contributed by atoms with Crippen molar-refractivity contribution in [1.82, 2.24) is 23.7 Å². The highest BCUT2D eigenvalue weighted by Gasteiger charge is 2.16. The summed E-state index contributed by atoms with van der Waals surface area (Å²) >= 11 is 2.19. The van der Waals surface area contributed by atoms with Crippen LogP contribution in [-0.4, -0.2) is 57.1 Å². The molecule has 2 aromatic carbocycles. The second kappa shape index (κ2) is 11.0. The Bertz CT molecular complexity index is 1750. The number of carbonyl (C=O) groups is 1. The van der Waals surface area contributed by atoms with E-state index in [1.165, 1.54) is 9.12 Å². The van der Waals surface area contributed by atoms with E-state index >= 15 is 0 Å². The fourth-order valence-corrected chi connectivity index (χ4v) is 6.31. The number of aromatic nitrogens is 3. The fourth-order valence-electron chi connectivity index (χ4n) is 4.97. The number of fused-ring (bicyclic) bond motifs is 2. The molecule has 3 aromatic heterocycles. The first-order chi connectivity index (χ1) is 19.0. The molecule has 10 heteroatoms. The lowest BCUT2D eigenvalue weighted by molar-refractivity contribution is -0.124. The van der Waals surface area contributed by atoms with Gasteiger partial charge in [0, 0.05) is 91.3 Å². The zero-order chi connectivity index (χ0) is 26.9. The van der Waals surface area contributed by atoms with E-state index in [-0.39, 0.29) is 11.5 Å². The van der Waals surface area contributed by atoms with Crippen LogP contribution >= 0.6 is 30.3 Å². The number of ether oxygens (including phenoxy) is 1. The van der Waals surface area contributed by atoms with Gasteiger partial charge in [-0.15, -0.1) is 0 Å². The van der Waals surface area contributed by atoms with Crippen LogP contribution < -0.4 is 15.6 Å². The third kappa shape index (κ3) is 5.28. The van der Waals surface area contributed by atoms with E-state index in [4.69, 9.17) is 9.72 Å². The highest BCUT2D eigenvalue weighted by molar-refractivity contribution is 14.2. The summed E-state index contributed by atoms with van der Waals surface area (Å²) in [5, 5.41) is 4.81. The number of amides is 1. The van der Waals surface area contributed by atoms with Gasteiger partial charge in [0.1, 0.15) is 17.9 Å². The minimum Gasteiger partial charge on any atom is -0.492 e. The SMILES string of the molecule is Cn1cc(-c2ccc3nc(-c4ccc(OCCN5CCNC(=O)C5)cc4)ccc3c2)c2ccn(SI)c2c1=O. The standard InChI is InChI=1S/C29H26IN5O3S/c1-33-17-24(23-10-12-35(39-30)28(23)29(33)37)20-4-8-26-21(16-20)5-9-25(32-26)19-2-6-22(7-3-19)38-15-14-34-13-11-31-27(36)18-34/h2-10,12,16-17H,11,13-15,18H2,1H3,(H,31,36). The zero-order valence-electron chi connectivity index (χ0n) is 21.3. The Morgan fingerprint density at radius 3 is 2.67 bits per heavy atom. The van der Waals surface area contributed by atoms with E-state index in [0.29, 0.717) is 25.2 Å². The molecule has 8 nitrogen and oxygen atoms in total. The highest BCUT2D eigenvalue weighted by atomic mass is 127. The lowest BCUT2D eigenvalue weighted by Gasteiger charge is -2.26.